The first-order chi connectivity index (χ1) is 1.00. The summed E-state index contributed by atoms with van der Waals surface area (Å²) in [6, 6.07) is 0. The van der Waals surface area contributed by atoms with Gasteiger partial charge in [0, 0.05) is 0 Å². The summed E-state index contributed by atoms with van der Waals surface area (Å²) in [5, 5.41) is 0. The van der Waals surface area contributed by atoms with Crippen molar-refractivity contribution >= 4 is 37.7 Å². The van der Waals surface area contributed by atoms with Gasteiger partial charge < -0.3 is 5.48 Å². The molecule has 0 saturated carbocycles. The van der Waals surface area contributed by atoms with Gasteiger partial charge in [-0.3, -0.25) is 0 Å². The standard InChI is InChI=1S/Ca.H2O.O.W.2H/h;1H2;;;;. The molecule has 4 heteroatoms. The summed E-state index contributed by atoms with van der Waals surface area (Å²) in [4.78, 5) is 0. The van der Waals surface area contributed by atoms with Crippen LogP contribution in [0.25, 0.3) is 0 Å². The van der Waals surface area contributed by atoms with Crippen molar-refractivity contribution in [1.82, 2.24) is 0 Å². The Kier molecular flexibility index (Phi) is 95.7. The van der Waals surface area contributed by atoms with Crippen LogP contribution in [0.4, 0.5) is 0 Å². The average molecular weight is 260 g/mol. The van der Waals surface area contributed by atoms with Gasteiger partial charge in [-0.25, -0.2) is 0 Å². The normalized spacial score (nSPS) is 1.00. The summed E-state index contributed by atoms with van der Waals surface area (Å²) in [7, 11) is 0. The Bertz CT molecular complexity index is 6.00. The molecule has 0 bridgehead atoms. The zero-order chi connectivity index (χ0) is 2.00. The van der Waals surface area contributed by atoms with E-state index in [1.165, 1.54) is 0 Å². The molecule has 24 valence electrons. The molecule has 4 heavy (non-hydrogen) atoms. The Labute approximate surface area is 65.5 Å². The van der Waals surface area contributed by atoms with Gasteiger partial charge in [-0.1, -0.05) is 0 Å². The summed E-state index contributed by atoms with van der Waals surface area (Å²) < 4.78 is 8.33. The molecule has 0 rings (SSSR count). The van der Waals surface area contributed by atoms with Gasteiger partial charge in [0.05, 0.1) is 0 Å². The Morgan fingerprint density at radius 3 is 1.25 bits per heavy atom. The molecule has 0 aromatic heterocycles. The van der Waals surface area contributed by atoms with E-state index in [1.807, 2.05) is 0 Å². The third-order valence-corrected chi connectivity index (χ3v) is 0. The molecule has 2 N–H and O–H groups in total. The minimum absolute atomic E-state index is 0. The quantitative estimate of drug-likeness (QED) is 0.471. The molecule has 2 nitrogen and oxygen atoms in total. The van der Waals surface area contributed by atoms with Crippen molar-refractivity contribution in [2.75, 3.05) is 0 Å². The zero-order valence-corrected chi connectivity index (χ0v) is 4.25. The van der Waals surface area contributed by atoms with Crippen molar-refractivity contribution in [3.05, 3.63) is 0 Å². The van der Waals surface area contributed by atoms with Gasteiger partial charge >= 0.3 is 60.9 Å². The van der Waals surface area contributed by atoms with E-state index in [9.17, 15) is 0 Å². The van der Waals surface area contributed by atoms with Crippen molar-refractivity contribution in [2.45, 2.75) is 0 Å². The molecule has 0 saturated heterocycles. The second-order valence-corrected chi connectivity index (χ2v) is 0. The second-order valence-electron chi connectivity index (χ2n) is 0. The molecule has 0 aromatic rings. The molecule has 0 heterocycles. The Morgan fingerprint density at radius 2 is 1.25 bits per heavy atom. The van der Waals surface area contributed by atoms with Crippen molar-refractivity contribution in [2.24, 2.45) is 0 Å². The second kappa shape index (κ2) is 22.2. The van der Waals surface area contributed by atoms with E-state index in [-0.39, 0.29) is 43.2 Å². The van der Waals surface area contributed by atoms with Crippen LogP contribution in [0, 0.1) is 0 Å². The van der Waals surface area contributed by atoms with Crippen LogP contribution in [-0.4, -0.2) is 43.2 Å². The summed E-state index contributed by atoms with van der Waals surface area (Å²) in [5.41, 5.74) is 0. The average Bonchev–Trinajstić information content (AvgIpc) is 1.00. The maximum atomic E-state index is 8.33. The van der Waals surface area contributed by atoms with Gasteiger partial charge in [0.1, 0.15) is 0 Å². The third kappa shape index (κ3) is 9.32. The van der Waals surface area contributed by atoms with Crippen LogP contribution in [0.15, 0.2) is 0 Å². The fourth-order valence-corrected chi connectivity index (χ4v) is 0. The number of rotatable bonds is 0. The van der Waals surface area contributed by atoms with Crippen molar-refractivity contribution in [3.8, 4) is 0 Å². The first-order valence-electron chi connectivity index (χ1n) is 0.167. The van der Waals surface area contributed by atoms with Crippen molar-refractivity contribution in [3.63, 3.8) is 0 Å². The van der Waals surface area contributed by atoms with E-state index >= 15 is 0 Å². The van der Waals surface area contributed by atoms with Crippen LogP contribution < -0.4 is 0 Å². The Balaban J connectivity index is -0.00000000500. The molecule has 0 spiro atoms. The monoisotopic (exact) mass is 260 g/mol. The summed E-state index contributed by atoms with van der Waals surface area (Å²) >= 11 is 0.333. The molecule has 0 radical (unpaired) electrons. The van der Waals surface area contributed by atoms with Gasteiger partial charge in [0.2, 0.25) is 0 Å². The van der Waals surface area contributed by atoms with E-state index in [0.29, 0.717) is 19.8 Å². The fourth-order valence-electron chi connectivity index (χ4n) is 0. The van der Waals surface area contributed by atoms with E-state index in [4.69, 9.17) is 3.40 Å². The van der Waals surface area contributed by atoms with Crippen LogP contribution in [0.2, 0.25) is 0 Å². The molecule has 0 aliphatic heterocycles. The zero-order valence-electron chi connectivity index (χ0n) is 1.32. The molecule has 0 unspecified atom stereocenters. The van der Waals surface area contributed by atoms with Gasteiger partial charge in [0.25, 0.3) is 0 Å². The summed E-state index contributed by atoms with van der Waals surface area (Å²) in [5.74, 6) is 0. The van der Waals surface area contributed by atoms with Crippen LogP contribution >= 0.6 is 0 Å². The van der Waals surface area contributed by atoms with E-state index in [2.05, 4.69) is 0 Å². The molecule has 0 aromatic carbocycles. The van der Waals surface area contributed by atoms with Crippen LogP contribution in [-0.2, 0) is 23.2 Å². The molecule has 0 atom stereocenters. The molecular weight excluding hydrogens is 256 g/mol. The first-order valence-corrected chi connectivity index (χ1v) is 1.36. The fraction of sp³-hybridized carbons (Fsp3) is 0. The molecule has 0 aliphatic carbocycles. The van der Waals surface area contributed by atoms with E-state index < -0.39 is 0 Å². The maximum absolute atomic E-state index is 8.33. The van der Waals surface area contributed by atoms with Crippen molar-refractivity contribution < 1.29 is 28.7 Å². The predicted molar refractivity (Wildman–Crippen MR) is 12.8 cm³/mol. The summed E-state index contributed by atoms with van der Waals surface area (Å²) in [6.07, 6.45) is 0. The molecular formula is H4CaO2W. The molecule has 0 amide bonds. The predicted octanol–water partition coefficient (Wildman–Crippen LogP) is -1.86. The molecule has 0 aliphatic rings. The van der Waals surface area contributed by atoms with Gasteiger partial charge in [-0.15, -0.1) is 0 Å². The Morgan fingerprint density at radius 1 is 1.25 bits per heavy atom. The van der Waals surface area contributed by atoms with Crippen LogP contribution in [0.3, 0.4) is 0 Å². The number of hydrogen-bond acceptors (Lipinski definition) is 1. The molecule has 0 fully saturated rings. The first kappa shape index (κ1) is 17.3. The van der Waals surface area contributed by atoms with Gasteiger partial charge in [-0.2, -0.15) is 0 Å². The SMILES string of the molecule is O.[CaH2].[O]=[W]. The number of hydrogen-bond donors (Lipinski definition) is 0. The van der Waals surface area contributed by atoms with E-state index in [0.717, 1.165) is 0 Å². The Hall–Kier alpha value is 1.71. The topological polar surface area (TPSA) is 48.6 Å². The third-order valence-electron chi connectivity index (χ3n) is 0. The van der Waals surface area contributed by atoms with Gasteiger partial charge in [-0.05, 0) is 0 Å². The minimum atomic E-state index is 0. The van der Waals surface area contributed by atoms with E-state index in [1.54, 1.807) is 0 Å². The van der Waals surface area contributed by atoms with Gasteiger partial charge in [0.15, 0.2) is 0 Å². The van der Waals surface area contributed by atoms with Crippen LogP contribution in [0.5, 0.6) is 0 Å². The summed E-state index contributed by atoms with van der Waals surface area (Å²) in [6.45, 7) is 0. The van der Waals surface area contributed by atoms with Crippen molar-refractivity contribution in [1.29, 1.82) is 0 Å². The van der Waals surface area contributed by atoms with Crippen LogP contribution in [0.1, 0.15) is 0 Å².